The maximum absolute atomic E-state index is 13.4. The van der Waals surface area contributed by atoms with Crippen molar-refractivity contribution in [2.45, 2.75) is 65.7 Å². The van der Waals surface area contributed by atoms with E-state index in [4.69, 9.17) is 4.42 Å². The summed E-state index contributed by atoms with van der Waals surface area (Å²) in [5, 5.41) is 2.53. The second kappa shape index (κ2) is 10.1. The molecule has 0 aliphatic heterocycles. The molecular weight excluding hydrogens is 442 g/mol. The number of aryl methyl sites for hydroxylation is 1. The molecule has 2 aliphatic rings. The maximum atomic E-state index is 13.4. The van der Waals surface area contributed by atoms with Gasteiger partial charge in [-0.25, -0.2) is 0 Å². The first-order valence-electron chi connectivity index (χ1n) is 12.4. The molecule has 2 aliphatic carbocycles. The van der Waals surface area contributed by atoms with Gasteiger partial charge in [-0.05, 0) is 80.5 Å². The van der Waals surface area contributed by atoms with Gasteiger partial charge in [-0.3, -0.25) is 25.2 Å². The molecule has 0 saturated heterocycles. The van der Waals surface area contributed by atoms with Crippen molar-refractivity contribution in [2.24, 2.45) is 16.7 Å². The summed E-state index contributed by atoms with van der Waals surface area (Å²) in [6.45, 7) is 6.54. The minimum atomic E-state index is -0.899. The van der Waals surface area contributed by atoms with E-state index in [0.29, 0.717) is 5.69 Å². The zero-order valence-corrected chi connectivity index (χ0v) is 20.8. The maximum Gasteiger partial charge on any atom is 0.328 e. The van der Waals surface area contributed by atoms with Gasteiger partial charge in [0.15, 0.2) is 0 Å². The van der Waals surface area contributed by atoms with Gasteiger partial charge in [-0.2, -0.15) is 0 Å². The van der Waals surface area contributed by atoms with Crippen molar-refractivity contribution in [3.8, 4) is 0 Å². The lowest BCUT2D eigenvalue weighted by Gasteiger charge is -2.55. The van der Waals surface area contributed by atoms with Crippen LogP contribution in [-0.4, -0.2) is 17.7 Å². The van der Waals surface area contributed by atoms with E-state index in [0.717, 1.165) is 44.9 Å². The second-order valence-corrected chi connectivity index (χ2v) is 10.4. The number of rotatable bonds is 5. The third-order valence-corrected chi connectivity index (χ3v) is 8.23. The van der Waals surface area contributed by atoms with Crippen LogP contribution in [-0.2, 0) is 20.8 Å². The van der Waals surface area contributed by atoms with E-state index in [9.17, 15) is 14.4 Å². The summed E-state index contributed by atoms with van der Waals surface area (Å²) in [5.74, 6) is -1.80. The minimum absolute atomic E-state index is 0.0783. The van der Waals surface area contributed by atoms with E-state index < -0.39 is 17.2 Å². The van der Waals surface area contributed by atoms with E-state index in [-0.39, 0.29) is 17.2 Å². The Morgan fingerprint density at radius 2 is 1.77 bits per heavy atom. The van der Waals surface area contributed by atoms with Gasteiger partial charge in [0.1, 0.15) is 0 Å². The van der Waals surface area contributed by atoms with E-state index in [1.165, 1.54) is 16.7 Å². The number of hydrazine groups is 1. The predicted octanol–water partition coefficient (Wildman–Crippen LogP) is 4.92. The van der Waals surface area contributed by atoms with Crippen LogP contribution in [0.2, 0.25) is 0 Å². The molecule has 35 heavy (non-hydrogen) atoms. The van der Waals surface area contributed by atoms with Crippen LogP contribution in [0.5, 0.6) is 0 Å². The minimum Gasteiger partial charge on any atom is -0.472 e. The molecule has 1 aromatic carbocycles. The molecule has 7 heteroatoms. The van der Waals surface area contributed by atoms with Crippen LogP contribution in [0.25, 0.3) is 0 Å². The fourth-order valence-electron chi connectivity index (χ4n) is 6.37. The number of furan rings is 1. The molecule has 0 radical (unpaired) electrons. The number of hydrogen-bond acceptors (Lipinski definition) is 4. The number of nitrogens with one attached hydrogen (secondary N) is 3. The first kappa shape index (κ1) is 24.8. The normalized spacial score (nSPS) is 26.0. The number of carbonyl (C=O) groups is 3. The molecule has 0 unspecified atom stereocenters. The summed E-state index contributed by atoms with van der Waals surface area (Å²) in [5.41, 5.74) is 8.76. The zero-order chi connectivity index (χ0) is 25.1. The summed E-state index contributed by atoms with van der Waals surface area (Å²) in [4.78, 5) is 38.0. The largest absolute Gasteiger partial charge is 0.472 e. The van der Waals surface area contributed by atoms with Crippen LogP contribution < -0.4 is 16.2 Å². The van der Waals surface area contributed by atoms with Gasteiger partial charge in [-0.1, -0.05) is 49.6 Å². The second-order valence-electron chi connectivity index (χ2n) is 10.4. The Bertz CT molecular complexity index is 1110. The van der Waals surface area contributed by atoms with Gasteiger partial charge in [0.25, 0.3) is 0 Å². The van der Waals surface area contributed by atoms with Gasteiger partial charge in [0.2, 0.25) is 5.91 Å². The number of amides is 3. The Balaban J connectivity index is 1.43. The van der Waals surface area contributed by atoms with Crippen molar-refractivity contribution >= 4 is 23.4 Å². The van der Waals surface area contributed by atoms with Gasteiger partial charge in [-0.15, -0.1) is 0 Å². The molecule has 186 valence electrons. The number of fused-ring (bicyclic) bond motifs is 1. The Morgan fingerprint density at radius 3 is 2.49 bits per heavy atom. The molecule has 3 amide bonds. The summed E-state index contributed by atoms with van der Waals surface area (Å²) >= 11 is 0. The standard InChI is InChI=1S/C28H35N3O4/c1-19-10-13-23-27(2,22(19)12-11-20-14-17-35-18-20)15-7-16-28(23,3)26(34)31-30-25(33)24(32)29-21-8-5-4-6-9-21/h4-6,8-9,14,17-18,23H,7,10-13,15-16H2,1-3H3,(H,29,32)(H,30,33)(H,31,34)/t23-,27-,28+/m1/s1. The van der Waals surface area contributed by atoms with E-state index in [2.05, 4.69) is 30.0 Å². The lowest BCUT2D eigenvalue weighted by molar-refractivity contribution is -0.145. The van der Waals surface area contributed by atoms with Gasteiger partial charge in [0, 0.05) is 5.69 Å². The van der Waals surface area contributed by atoms with E-state index in [1.807, 2.05) is 19.1 Å². The highest BCUT2D eigenvalue weighted by atomic mass is 16.3. The molecule has 4 rings (SSSR count). The topological polar surface area (TPSA) is 100 Å². The Hall–Kier alpha value is -3.35. The average molecular weight is 478 g/mol. The first-order valence-corrected chi connectivity index (χ1v) is 12.4. The SMILES string of the molecule is CC1=C(CCc2ccoc2)[C@@]2(C)CCC[C@](C)(C(=O)NNC(=O)C(=O)Nc3ccccc3)[C@@H]2CC1. The van der Waals surface area contributed by atoms with Crippen LogP contribution in [0.1, 0.15) is 64.9 Å². The zero-order valence-electron chi connectivity index (χ0n) is 20.8. The summed E-state index contributed by atoms with van der Waals surface area (Å²) < 4.78 is 5.24. The molecule has 1 aromatic heterocycles. The highest BCUT2D eigenvalue weighted by molar-refractivity contribution is 6.39. The summed E-state index contributed by atoms with van der Waals surface area (Å²) in [6.07, 6.45) is 10.0. The smallest absolute Gasteiger partial charge is 0.328 e. The number of hydrogen-bond donors (Lipinski definition) is 3. The van der Waals surface area contributed by atoms with Gasteiger partial charge < -0.3 is 9.73 Å². The third-order valence-electron chi connectivity index (χ3n) is 8.23. The van der Waals surface area contributed by atoms with Crippen molar-refractivity contribution in [3.63, 3.8) is 0 Å². The number of carbonyl (C=O) groups excluding carboxylic acids is 3. The van der Waals surface area contributed by atoms with Crippen LogP contribution in [0.3, 0.4) is 0 Å². The van der Waals surface area contributed by atoms with Crippen molar-refractivity contribution in [3.05, 3.63) is 65.6 Å². The van der Waals surface area contributed by atoms with Crippen LogP contribution >= 0.6 is 0 Å². The van der Waals surface area contributed by atoms with E-state index in [1.54, 1.807) is 36.8 Å². The average Bonchev–Trinajstić information content (AvgIpc) is 3.36. The molecular formula is C28H35N3O4. The molecule has 0 spiro atoms. The fourth-order valence-corrected chi connectivity index (χ4v) is 6.37. The highest BCUT2D eigenvalue weighted by Crippen LogP contribution is 2.60. The molecule has 1 fully saturated rings. The molecule has 1 saturated carbocycles. The molecule has 3 N–H and O–H groups in total. The molecule has 2 aromatic rings. The first-order chi connectivity index (χ1) is 16.7. The Labute approximate surface area is 206 Å². The molecule has 1 heterocycles. The van der Waals surface area contributed by atoms with Crippen molar-refractivity contribution < 1.29 is 18.8 Å². The lowest BCUT2D eigenvalue weighted by atomic mass is 9.49. The number of para-hydroxylation sites is 1. The van der Waals surface area contributed by atoms with Crippen LogP contribution in [0, 0.1) is 16.7 Å². The number of allylic oxidation sites excluding steroid dienone is 2. The fraction of sp³-hybridized carbons (Fsp3) is 0.464. The highest BCUT2D eigenvalue weighted by Gasteiger charge is 2.55. The van der Waals surface area contributed by atoms with Gasteiger partial charge in [0.05, 0.1) is 17.9 Å². The van der Waals surface area contributed by atoms with Crippen molar-refractivity contribution in [2.75, 3.05) is 5.32 Å². The van der Waals surface area contributed by atoms with Crippen LogP contribution in [0.15, 0.2) is 64.5 Å². The van der Waals surface area contributed by atoms with E-state index >= 15 is 0 Å². The quantitative estimate of drug-likeness (QED) is 0.323. The molecule has 3 atom stereocenters. The summed E-state index contributed by atoms with van der Waals surface area (Å²) in [7, 11) is 0. The predicted molar refractivity (Wildman–Crippen MR) is 134 cm³/mol. The molecule has 0 bridgehead atoms. The van der Waals surface area contributed by atoms with Crippen molar-refractivity contribution in [1.29, 1.82) is 0 Å². The monoisotopic (exact) mass is 477 g/mol. The molecule has 7 nitrogen and oxygen atoms in total. The Morgan fingerprint density at radius 1 is 1.00 bits per heavy atom. The third kappa shape index (κ3) is 5.04. The van der Waals surface area contributed by atoms with Crippen molar-refractivity contribution in [1.82, 2.24) is 10.9 Å². The number of benzene rings is 1. The summed E-state index contributed by atoms with van der Waals surface area (Å²) in [6, 6.07) is 10.7. The van der Waals surface area contributed by atoms with Gasteiger partial charge >= 0.3 is 11.8 Å². The Kier molecular flexibility index (Phi) is 7.15. The lowest BCUT2D eigenvalue weighted by Crippen LogP contribution is -2.57. The van der Waals surface area contributed by atoms with Crippen LogP contribution in [0.4, 0.5) is 5.69 Å². The number of anilines is 1.